The number of likely N-dealkylation sites (tertiary alicyclic amines) is 1. The van der Waals surface area contributed by atoms with Gasteiger partial charge in [0.2, 0.25) is 5.91 Å². The third kappa shape index (κ3) is 4.31. The normalized spacial score (nSPS) is 18.6. The van der Waals surface area contributed by atoms with Crippen molar-refractivity contribution in [1.82, 2.24) is 4.90 Å². The van der Waals surface area contributed by atoms with Crippen LogP contribution in [0, 0.1) is 13.8 Å². The Labute approximate surface area is 128 Å². The molecule has 1 saturated heterocycles. The molecule has 116 valence electrons. The molecule has 1 fully saturated rings. The first-order valence-corrected chi connectivity index (χ1v) is 8.20. The number of hydrogen-bond donors (Lipinski definition) is 1. The Bertz CT molecular complexity index is 456. The number of amides is 1. The molecular weight excluding hydrogens is 260 g/mol. The fourth-order valence-electron chi connectivity index (χ4n) is 3.06. The summed E-state index contributed by atoms with van der Waals surface area (Å²) in [4.78, 5) is 14.9. The van der Waals surface area contributed by atoms with E-state index >= 15 is 0 Å². The molecule has 3 nitrogen and oxygen atoms in total. The third-order valence-corrected chi connectivity index (χ3v) is 4.55. The average molecular weight is 288 g/mol. The van der Waals surface area contributed by atoms with Crippen LogP contribution >= 0.6 is 0 Å². The first-order chi connectivity index (χ1) is 10.1. The van der Waals surface area contributed by atoms with Gasteiger partial charge < -0.3 is 5.32 Å². The Kier molecular flexibility index (Phi) is 5.80. The van der Waals surface area contributed by atoms with E-state index < -0.39 is 0 Å². The molecule has 1 N–H and O–H groups in total. The van der Waals surface area contributed by atoms with Gasteiger partial charge in [0.15, 0.2) is 0 Å². The molecule has 0 saturated carbocycles. The molecule has 21 heavy (non-hydrogen) atoms. The van der Waals surface area contributed by atoms with Crippen LogP contribution in [0.3, 0.4) is 0 Å². The summed E-state index contributed by atoms with van der Waals surface area (Å²) in [7, 11) is 0. The van der Waals surface area contributed by atoms with Crippen molar-refractivity contribution in [2.75, 3.05) is 18.4 Å². The molecule has 1 heterocycles. The molecule has 0 aliphatic carbocycles. The largest absolute Gasteiger partial charge is 0.324 e. The predicted molar refractivity (Wildman–Crippen MR) is 88.7 cm³/mol. The second kappa shape index (κ2) is 7.60. The number of rotatable bonds is 3. The average Bonchev–Trinajstić information content (AvgIpc) is 2.42. The van der Waals surface area contributed by atoms with E-state index in [2.05, 4.69) is 10.2 Å². The van der Waals surface area contributed by atoms with E-state index in [9.17, 15) is 4.79 Å². The van der Waals surface area contributed by atoms with Crippen LogP contribution in [0.4, 0.5) is 5.69 Å². The molecule has 0 aromatic heterocycles. The van der Waals surface area contributed by atoms with Crippen LogP contribution in [0.1, 0.15) is 50.2 Å². The number of para-hydroxylation sites is 1. The van der Waals surface area contributed by atoms with Crippen LogP contribution in [0.2, 0.25) is 0 Å². The van der Waals surface area contributed by atoms with E-state index in [4.69, 9.17) is 0 Å². The minimum Gasteiger partial charge on any atom is -0.324 e. The molecule has 0 unspecified atom stereocenters. The molecule has 1 aliphatic heterocycles. The standard InChI is InChI=1S/C18H28N2O/c1-14-10-9-11-15(2)17(14)19-18(21)16(3)20-12-7-5-4-6-8-13-20/h9-11,16H,4-8,12-13H2,1-3H3,(H,19,21)/t16-/m0/s1. The molecule has 0 bridgehead atoms. The number of carbonyl (C=O) groups is 1. The van der Waals surface area contributed by atoms with Crippen molar-refractivity contribution in [1.29, 1.82) is 0 Å². The van der Waals surface area contributed by atoms with Gasteiger partial charge >= 0.3 is 0 Å². The summed E-state index contributed by atoms with van der Waals surface area (Å²) in [6, 6.07) is 6.07. The topological polar surface area (TPSA) is 32.3 Å². The van der Waals surface area contributed by atoms with Crippen molar-refractivity contribution < 1.29 is 4.79 Å². The van der Waals surface area contributed by atoms with Crippen molar-refractivity contribution in [3.05, 3.63) is 29.3 Å². The number of carbonyl (C=O) groups excluding carboxylic acids is 1. The van der Waals surface area contributed by atoms with Gasteiger partial charge in [-0.05, 0) is 57.8 Å². The maximum Gasteiger partial charge on any atom is 0.241 e. The van der Waals surface area contributed by atoms with Gasteiger partial charge in [-0.15, -0.1) is 0 Å². The quantitative estimate of drug-likeness (QED) is 0.915. The van der Waals surface area contributed by atoms with Crippen LogP contribution in [-0.2, 0) is 4.79 Å². The highest BCUT2D eigenvalue weighted by Gasteiger charge is 2.22. The van der Waals surface area contributed by atoms with Crippen LogP contribution < -0.4 is 5.32 Å². The summed E-state index contributed by atoms with van der Waals surface area (Å²) in [5.74, 6) is 0.118. The van der Waals surface area contributed by atoms with Crippen molar-refractivity contribution in [2.24, 2.45) is 0 Å². The Morgan fingerprint density at radius 1 is 1.05 bits per heavy atom. The minimum atomic E-state index is -0.0536. The van der Waals surface area contributed by atoms with Crippen LogP contribution in [-0.4, -0.2) is 29.9 Å². The van der Waals surface area contributed by atoms with Gasteiger partial charge in [-0.3, -0.25) is 9.69 Å². The summed E-state index contributed by atoms with van der Waals surface area (Å²) in [5, 5.41) is 3.13. The number of hydrogen-bond acceptors (Lipinski definition) is 2. The van der Waals surface area contributed by atoms with Gasteiger partial charge in [-0.2, -0.15) is 0 Å². The van der Waals surface area contributed by atoms with Gasteiger partial charge in [-0.25, -0.2) is 0 Å². The maximum absolute atomic E-state index is 12.6. The summed E-state index contributed by atoms with van der Waals surface area (Å²) in [6.45, 7) is 8.21. The van der Waals surface area contributed by atoms with Crippen LogP contribution in [0.15, 0.2) is 18.2 Å². The second-order valence-corrected chi connectivity index (χ2v) is 6.24. The second-order valence-electron chi connectivity index (χ2n) is 6.24. The van der Waals surface area contributed by atoms with Crippen LogP contribution in [0.25, 0.3) is 0 Å². The van der Waals surface area contributed by atoms with E-state index in [0.717, 1.165) is 29.9 Å². The summed E-state index contributed by atoms with van der Waals surface area (Å²) in [6.07, 6.45) is 6.35. The highest BCUT2D eigenvalue weighted by molar-refractivity contribution is 5.95. The van der Waals surface area contributed by atoms with E-state index in [1.165, 1.54) is 32.1 Å². The fraction of sp³-hybridized carbons (Fsp3) is 0.611. The van der Waals surface area contributed by atoms with E-state index in [0.29, 0.717) is 0 Å². The Morgan fingerprint density at radius 3 is 2.14 bits per heavy atom. The Morgan fingerprint density at radius 2 is 1.57 bits per heavy atom. The molecular formula is C18H28N2O. The molecule has 2 rings (SSSR count). The Hall–Kier alpha value is -1.35. The van der Waals surface area contributed by atoms with Crippen molar-refractivity contribution >= 4 is 11.6 Å². The zero-order valence-electron chi connectivity index (χ0n) is 13.6. The lowest BCUT2D eigenvalue weighted by molar-refractivity contribution is -0.120. The lowest BCUT2D eigenvalue weighted by Crippen LogP contribution is -2.43. The molecule has 0 spiro atoms. The zero-order chi connectivity index (χ0) is 15.2. The summed E-state index contributed by atoms with van der Waals surface area (Å²) >= 11 is 0. The highest BCUT2D eigenvalue weighted by Crippen LogP contribution is 2.20. The van der Waals surface area contributed by atoms with Crippen molar-refractivity contribution in [2.45, 2.75) is 58.9 Å². The monoisotopic (exact) mass is 288 g/mol. The fourth-order valence-corrected chi connectivity index (χ4v) is 3.06. The number of nitrogens with one attached hydrogen (secondary N) is 1. The SMILES string of the molecule is Cc1cccc(C)c1NC(=O)[C@H](C)N1CCCCCCC1. The van der Waals surface area contributed by atoms with Gasteiger partial charge in [0, 0.05) is 5.69 Å². The predicted octanol–water partition coefficient (Wildman–Crippen LogP) is 3.90. The number of benzene rings is 1. The molecule has 1 aromatic carbocycles. The number of anilines is 1. The molecule has 3 heteroatoms. The van der Waals surface area contributed by atoms with Gasteiger partial charge in [0.25, 0.3) is 0 Å². The molecule has 1 atom stereocenters. The molecule has 1 amide bonds. The van der Waals surface area contributed by atoms with Crippen LogP contribution in [0.5, 0.6) is 0 Å². The van der Waals surface area contributed by atoms with E-state index in [-0.39, 0.29) is 11.9 Å². The molecule has 0 radical (unpaired) electrons. The minimum absolute atomic E-state index is 0.0536. The van der Waals surface area contributed by atoms with Gasteiger partial charge in [0.1, 0.15) is 0 Å². The summed E-state index contributed by atoms with van der Waals surface area (Å²) < 4.78 is 0. The maximum atomic E-state index is 12.6. The number of nitrogens with zero attached hydrogens (tertiary/aromatic N) is 1. The number of aryl methyl sites for hydroxylation is 2. The molecule has 1 aliphatic rings. The third-order valence-electron chi connectivity index (χ3n) is 4.55. The first kappa shape index (κ1) is 16.0. The lowest BCUT2D eigenvalue weighted by Gasteiger charge is -2.30. The lowest BCUT2D eigenvalue weighted by atomic mass is 10.1. The smallest absolute Gasteiger partial charge is 0.241 e. The first-order valence-electron chi connectivity index (χ1n) is 8.20. The van der Waals surface area contributed by atoms with Crippen molar-refractivity contribution in [3.8, 4) is 0 Å². The zero-order valence-corrected chi connectivity index (χ0v) is 13.6. The van der Waals surface area contributed by atoms with Gasteiger partial charge in [-0.1, -0.05) is 37.5 Å². The Balaban J connectivity index is 2.01. The summed E-state index contributed by atoms with van der Waals surface area (Å²) in [5.41, 5.74) is 3.23. The van der Waals surface area contributed by atoms with Crippen molar-refractivity contribution in [3.63, 3.8) is 0 Å². The molecule has 1 aromatic rings. The van der Waals surface area contributed by atoms with Gasteiger partial charge in [0.05, 0.1) is 6.04 Å². The van der Waals surface area contributed by atoms with E-state index in [1.54, 1.807) is 0 Å². The van der Waals surface area contributed by atoms with E-state index in [1.807, 2.05) is 39.0 Å². The highest BCUT2D eigenvalue weighted by atomic mass is 16.2.